The van der Waals surface area contributed by atoms with Crippen molar-refractivity contribution in [2.75, 3.05) is 12.4 Å². The van der Waals surface area contributed by atoms with Crippen LogP contribution in [0.3, 0.4) is 0 Å². The fourth-order valence-corrected chi connectivity index (χ4v) is 4.59. The van der Waals surface area contributed by atoms with E-state index in [0.717, 1.165) is 22.0 Å². The first kappa shape index (κ1) is 25.3. The molecule has 0 atom stereocenters. The fraction of sp³-hybridized carbons (Fsp3) is 0.250. The van der Waals surface area contributed by atoms with Gasteiger partial charge in [-0.3, -0.25) is 4.79 Å². The van der Waals surface area contributed by atoms with E-state index in [0.29, 0.717) is 23.7 Å². The second-order valence-corrected chi connectivity index (χ2v) is 9.78. The lowest BCUT2D eigenvalue weighted by molar-refractivity contribution is -0.114. The monoisotopic (exact) mass is 528 g/mol. The highest BCUT2D eigenvalue weighted by atomic mass is 32.1. The molecule has 0 radical (unpaired) electrons. The van der Waals surface area contributed by atoms with E-state index in [4.69, 9.17) is 4.74 Å². The number of carbonyl (C=O) groups is 1. The molecule has 2 aromatic heterocycles. The van der Waals surface area contributed by atoms with Gasteiger partial charge >= 0.3 is 0 Å². The number of nitrogens with one attached hydrogen (secondary N) is 1. The number of tetrazole rings is 1. The lowest BCUT2D eigenvalue weighted by Gasteiger charge is -2.22. The maximum absolute atomic E-state index is 15.0. The van der Waals surface area contributed by atoms with Crippen molar-refractivity contribution in [1.29, 1.82) is 0 Å². The summed E-state index contributed by atoms with van der Waals surface area (Å²) in [5.41, 5.74) is 3.15. The number of halogens is 1. The molecule has 1 fully saturated rings. The Morgan fingerprint density at radius 3 is 2.76 bits per heavy atom. The summed E-state index contributed by atoms with van der Waals surface area (Å²) in [6.45, 7) is 1.78. The number of nitrogens with zero attached hydrogens (tertiary/aromatic N) is 5. The van der Waals surface area contributed by atoms with Gasteiger partial charge in [-0.1, -0.05) is 30.5 Å². The Labute approximate surface area is 223 Å². The largest absolute Gasteiger partial charge is 0.497 e. The molecular formula is C28H25FN6O2S. The van der Waals surface area contributed by atoms with E-state index in [2.05, 4.69) is 42.9 Å². The molecule has 1 aliphatic rings. The topological polar surface area (TPSA) is 94.8 Å². The van der Waals surface area contributed by atoms with Crippen LogP contribution in [0.2, 0.25) is 0 Å². The van der Waals surface area contributed by atoms with E-state index >= 15 is 0 Å². The highest BCUT2D eigenvalue weighted by molar-refractivity contribution is 7.10. The number of hydrogen-bond acceptors (Lipinski definition) is 7. The first-order valence-electron chi connectivity index (χ1n) is 12.1. The van der Waals surface area contributed by atoms with Gasteiger partial charge in [0.25, 0.3) is 5.91 Å². The standard InChI is InChI=1S/C28H25FN6O2S/c1-18(27-32-34-35(33-27)16-20-9-12-23(37-2)13-10-20)26(29)28(36)30-22-8-3-5-19(15-22)11-14-25-31-24(17-38-25)21-6-4-7-21/h3,5,8-10,12-13,15,17,21H,4,6-7,16H2,1-2H3,(H,30,36)/b26-18+. The molecule has 192 valence electrons. The molecule has 0 aliphatic heterocycles. The van der Waals surface area contributed by atoms with Crippen LogP contribution >= 0.6 is 11.3 Å². The first-order valence-corrected chi connectivity index (χ1v) is 13.0. The second-order valence-electron chi connectivity index (χ2n) is 8.92. The van der Waals surface area contributed by atoms with Gasteiger partial charge < -0.3 is 10.1 Å². The van der Waals surface area contributed by atoms with Crippen molar-refractivity contribution in [1.82, 2.24) is 25.2 Å². The van der Waals surface area contributed by atoms with Gasteiger partial charge in [0, 0.05) is 28.1 Å². The summed E-state index contributed by atoms with van der Waals surface area (Å²) in [5, 5.41) is 17.5. The van der Waals surface area contributed by atoms with Gasteiger partial charge in [-0.25, -0.2) is 9.37 Å². The number of hydrogen-bond donors (Lipinski definition) is 1. The van der Waals surface area contributed by atoms with Crippen molar-refractivity contribution < 1.29 is 13.9 Å². The van der Waals surface area contributed by atoms with E-state index in [-0.39, 0.29) is 11.4 Å². The fourth-order valence-electron chi connectivity index (χ4n) is 3.84. The Morgan fingerprint density at radius 1 is 1.21 bits per heavy atom. The Morgan fingerprint density at radius 2 is 2.03 bits per heavy atom. The van der Waals surface area contributed by atoms with Gasteiger partial charge in [-0.05, 0) is 66.8 Å². The lowest BCUT2D eigenvalue weighted by Crippen LogP contribution is -2.13. The number of ether oxygens (including phenoxy) is 1. The van der Waals surface area contributed by atoms with Crippen molar-refractivity contribution in [2.45, 2.75) is 38.6 Å². The smallest absolute Gasteiger partial charge is 0.284 e. The molecule has 2 heterocycles. The van der Waals surface area contributed by atoms with Gasteiger partial charge in [-0.2, -0.15) is 4.80 Å². The number of methoxy groups -OCH3 is 1. The maximum Gasteiger partial charge on any atom is 0.284 e. The number of thiazole rings is 1. The molecule has 1 N–H and O–H groups in total. The molecule has 0 unspecified atom stereocenters. The van der Waals surface area contributed by atoms with Gasteiger partial charge in [0.15, 0.2) is 10.8 Å². The molecule has 1 saturated carbocycles. The quantitative estimate of drug-likeness (QED) is 0.262. The van der Waals surface area contributed by atoms with Crippen molar-refractivity contribution in [3.63, 3.8) is 0 Å². The second kappa shape index (κ2) is 11.4. The molecule has 0 spiro atoms. The molecule has 0 saturated heterocycles. The normalized spacial score (nSPS) is 13.7. The molecule has 4 aromatic rings. The summed E-state index contributed by atoms with van der Waals surface area (Å²) in [6.07, 6.45) is 3.65. The summed E-state index contributed by atoms with van der Waals surface area (Å²) in [7, 11) is 1.60. The summed E-state index contributed by atoms with van der Waals surface area (Å²) < 4.78 is 20.1. The van der Waals surface area contributed by atoms with Gasteiger partial charge in [0.05, 0.1) is 19.3 Å². The Balaban J connectivity index is 1.23. The molecule has 10 heteroatoms. The van der Waals surface area contributed by atoms with Crippen LogP contribution in [0.4, 0.5) is 10.1 Å². The average molecular weight is 529 g/mol. The lowest BCUT2D eigenvalue weighted by atomic mass is 9.83. The van der Waals surface area contributed by atoms with Crippen molar-refractivity contribution in [2.24, 2.45) is 0 Å². The van der Waals surface area contributed by atoms with Crippen LogP contribution in [-0.2, 0) is 11.3 Å². The van der Waals surface area contributed by atoms with Crippen LogP contribution < -0.4 is 10.1 Å². The van der Waals surface area contributed by atoms with Gasteiger partial charge in [-0.15, -0.1) is 21.5 Å². The molecule has 8 nitrogen and oxygen atoms in total. The van der Waals surface area contributed by atoms with Crippen LogP contribution in [0.25, 0.3) is 5.57 Å². The number of aromatic nitrogens is 5. The predicted molar refractivity (Wildman–Crippen MR) is 143 cm³/mol. The van der Waals surface area contributed by atoms with Gasteiger partial charge in [0.2, 0.25) is 5.82 Å². The average Bonchev–Trinajstić information content (AvgIpc) is 3.56. The molecule has 1 amide bonds. The maximum atomic E-state index is 15.0. The molecular weight excluding hydrogens is 503 g/mol. The molecule has 2 aromatic carbocycles. The SMILES string of the molecule is COc1ccc(Cn2nnc(/C(C)=C(/F)C(=O)Nc3cccc(C#Cc4nc(C5CCC5)cs4)c3)n2)cc1. The summed E-state index contributed by atoms with van der Waals surface area (Å²) >= 11 is 1.54. The highest BCUT2D eigenvalue weighted by Gasteiger charge is 2.21. The zero-order valence-electron chi connectivity index (χ0n) is 20.9. The van der Waals surface area contributed by atoms with E-state index in [1.54, 1.807) is 25.3 Å². The molecule has 38 heavy (non-hydrogen) atoms. The van der Waals surface area contributed by atoms with Crippen LogP contribution in [0.1, 0.15) is 59.8 Å². The summed E-state index contributed by atoms with van der Waals surface area (Å²) in [4.78, 5) is 18.5. The number of rotatable bonds is 7. The Kier molecular flexibility index (Phi) is 7.56. The number of amides is 1. The van der Waals surface area contributed by atoms with Crippen molar-refractivity contribution in [3.8, 4) is 17.6 Å². The third-order valence-electron chi connectivity index (χ3n) is 6.28. The zero-order chi connectivity index (χ0) is 26.5. The first-order chi connectivity index (χ1) is 18.5. The minimum Gasteiger partial charge on any atom is -0.497 e. The van der Waals surface area contributed by atoms with E-state index < -0.39 is 11.7 Å². The number of carbonyl (C=O) groups excluding carboxylic acids is 1. The third-order valence-corrected chi connectivity index (χ3v) is 7.06. The van der Waals surface area contributed by atoms with Crippen LogP contribution in [0.5, 0.6) is 5.75 Å². The minimum atomic E-state index is -0.989. The van der Waals surface area contributed by atoms with Gasteiger partial charge in [0.1, 0.15) is 5.75 Å². The van der Waals surface area contributed by atoms with Crippen LogP contribution in [0.15, 0.2) is 59.7 Å². The molecule has 5 rings (SSSR count). The van der Waals surface area contributed by atoms with Crippen LogP contribution in [-0.4, -0.2) is 38.2 Å². The third kappa shape index (κ3) is 5.95. The number of benzene rings is 2. The Bertz CT molecular complexity index is 1540. The molecule has 0 bridgehead atoms. The Hall–Kier alpha value is -4.36. The zero-order valence-corrected chi connectivity index (χ0v) is 21.8. The number of allylic oxidation sites excluding steroid dienone is 1. The summed E-state index contributed by atoms with van der Waals surface area (Å²) in [5.74, 6) is 5.61. The molecule has 1 aliphatic carbocycles. The van der Waals surface area contributed by atoms with E-state index in [1.165, 1.54) is 42.3 Å². The van der Waals surface area contributed by atoms with Crippen LogP contribution in [0, 0.1) is 11.8 Å². The number of anilines is 1. The van der Waals surface area contributed by atoms with Crippen molar-refractivity contribution in [3.05, 3.63) is 87.4 Å². The highest BCUT2D eigenvalue weighted by Crippen LogP contribution is 2.36. The summed E-state index contributed by atoms with van der Waals surface area (Å²) in [6, 6.07) is 14.3. The van der Waals surface area contributed by atoms with E-state index in [1.807, 2.05) is 30.3 Å². The predicted octanol–water partition coefficient (Wildman–Crippen LogP) is 5.19. The van der Waals surface area contributed by atoms with Crippen molar-refractivity contribution >= 4 is 28.5 Å². The minimum absolute atomic E-state index is 0.00883. The van der Waals surface area contributed by atoms with E-state index in [9.17, 15) is 9.18 Å².